The molecule has 0 bridgehead atoms. The van der Waals surface area contributed by atoms with Crippen LogP contribution < -0.4 is 19.5 Å². The molecular formula is C20H20ClFN4O4S. The lowest BCUT2D eigenvalue weighted by Gasteiger charge is -2.11. The van der Waals surface area contributed by atoms with E-state index in [1.165, 1.54) is 37.1 Å². The molecule has 0 aliphatic heterocycles. The Morgan fingerprint density at radius 3 is 2.68 bits per heavy atom. The molecule has 0 spiro atoms. The Morgan fingerprint density at radius 1 is 1.16 bits per heavy atom. The molecule has 1 aromatic heterocycles. The first-order valence-electron chi connectivity index (χ1n) is 9.02. The number of carbonyl (C=O) groups excluding carboxylic acids is 1. The number of amides is 1. The first-order chi connectivity index (χ1) is 14.9. The lowest BCUT2D eigenvalue weighted by molar-refractivity contribution is -0.113. The third-order valence-corrected chi connectivity index (χ3v) is 5.51. The van der Waals surface area contributed by atoms with E-state index in [0.29, 0.717) is 33.9 Å². The van der Waals surface area contributed by atoms with Gasteiger partial charge in [0.25, 0.3) is 0 Å². The molecule has 2 aromatic carbocycles. The van der Waals surface area contributed by atoms with Crippen LogP contribution in [0.5, 0.6) is 17.2 Å². The van der Waals surface area contributed by atoms with Gasteiger partial charge in [-0.25, -0.2) is 4.39 Å². The normalized spacial score (nSPS) is 10.6. The third kappa shape index (κ3) is 5.80. The highest BCUT2D eigenvalue weighted by Gasteiger charge is 2.14. The van der Waals surface area contributed by atoms with Gasteiger partial charge >= 0.3 is 0 Å². The average molecular weight is 467 g/mol. The largest absolute Gasteiger partial charge is 0.497 e. The first kappa shape index (κ1) is 22.7. The number of carbonyl (C=O) groups is 1. The molecule has 3 rings (SSSR count). The van der Waals surface area contributed by atoms with Crippen LogP contribution in [-0.4, -0.2) is 40.6 Å². The Labute approximate surface area is 187 Å². The maximum Gasteiger partial charge on any atom is 0.234 e. The summed E-state index contributed by atoms with van der Waals surface area (Å²) in [6.07, 6.45) is 0. The van der Waals surface area contributed by atoms with Crippen LogP contribution in [0.3, 0.4) is 0 Å². The van der Waals surface area contributed by atoms with E-state index >= 15 is 0 Å². The number of hydrogen-bond donors (Lipinski definition) is 1. The summed E-state index contributed by atoms with van der Waals surface area (Å²) in [5, 5.41) is 11.7. The van der Waals surface area contributed by atoms with E-state index in [2.05, 4.69) is 15.5 Å². The number of benzene rings is 2. The minimum atomic E-state index is -0.444. The van der Waals surface area contributed by atoms with Crippen LogP contribution in [0.25, 0.3) is 0 Å². The van der Waals surface area contributed by atoms with Gasteiger partial charge in [-0.1, -0.05) is 23.4 Å². The molecule has 164 valence electrons. The molecule has 1 amide bonds. The van der Waals surface area contributed by atoms with Crippen molar-refractivity contribution in [3.8, 4) is 17.2 Å². The second kappa shape index (κ2) is 10.4. The third-order valence-electron chi connectivity index (χ3n) is 4.19. The zero-order chi connectivity index (χ0) is 22.4. The van der Waals surface area contributed by atoms with E-state index in [1.807, 2.05) is 0 Å². The zero-order valence-corrected chi connectivity index (χ0v) is 18.6. The molecule has 0 saturated heterocycles. The van der Waals surface area contributed by atoms with Crippen LogP contribution in [-0.2, 0) is 18.4 Å². The standard InChI is InChI=1S/C20H20ClFN4O4S/c1-26-18(10-30-16-7-4-12(22)8-14(16)21)24-25-20(26)31-11-19(27)23-15-6-5-13(28-2)9-17(15)29-3/h4-9H,10-11H2,1-3H3,(H,23,27). The van der Waals surface area contributed by atoms with Crippen LogP contribution in [0.2, 0.25) is 5.02 Å². The predicted molar refractivity (Wildman–Crippen MR) is 116 cm³/mol. The van der Waals surface area contributed by atoms with Crippen molar-refractivity contribution in [1.29, 1.82) is 0 Å². The average Bonchev–Trinajstić information content (AvgIpc) is 3.11. The number of nitrogens with one attached hydrogen (secondary N) is 1. The van der Waals surface area contributed by atoms with Gasteiger partial charge in [0.05, 0.1) is 30.7 Å². The summed E-state index contributed by atoms with van der Waals surface area (Å²) in [6, 6.07) is 9.00. The van der Waals surface area contributed by atoms with Gasteiger partial charge in [-0.15, -0.1) is 10.2 Å². The van der Waals surface area contributed by atoms with Crippen molar-refractivity contribution in [3.05, 3.63) is 53.1 Å². The Morgan fingerprint density at radius 2 is 1.97 bits per heavy atom. The second-order valence-electron chi connectivity index (χ2n) is 6.22. The molecule has 1 N–H and O–H groups in total. The minimum absolute atomic E-state index is 0.0880. The molecule has 0 aliphatic carbocycles. The Hall–Kier alpha value is -2.98. The lowest BCUT2D eigenvalue weighted by atomic mass is 10.2. The molecular weight excluding hydrogens is 447 g/mol. The maximum atomic E-state index is 13.1. The Bertz CT molecular complexity index is 1080. The van der Waals surface area contributed by atoms with E-state index in [9.17, 15) is 9.18 Å². The topological polar surface area (TPSA) is 87.5 Å². The zero-order valence-electron chi connectivity index (χ0n) is 17.0. The molecule has 0 atom stereocenters. The smallest absolute Gasteiger partial charge is 0.234 e. The second-order valence-corrected chi connectivity index (χ2v) is 7.57. The van der Waals surface area contributed by atoms with Crippen molar-refractivity contribution in [2.24, 2.45) is 7.05 Å². The molecule has 1 heterocycles. The van der Waals surface area contributed by atoms with E-state index < -0.39 is 5.82 Å². The molecule has 0 aliphatic rings. The highest BCUT2D eigenvalue weighted by Crippen LogP contribution is 2.29. The molecule has 0 radical (unpaired) electrons. The summed E-state index contributed by atoms with van der Waals surface area (Å²) >= 11 is 7.18. The fraction of sp³-hybridized carbons (Fsp3) is 0.250. The van der Waals surface area contributed by atoms with Gasteiger partial charge in [-0.3, -0.25) is 4.79 Å². The summed E-state index contributed by atoms with van der Waals surface area (Å²) in [7, 11) is 4.83. The fourth-order valence-electron chi connectivity index (χ4n) is 2.55. The van der Waals surface area contributed by atoms with Crippen molar-refractivity contribution in [3.63, 3.8) is 0 Å². The van der Waals surface area contributed by atoms with Crippen LogP contribution in [0.15, 0.2) is 41.6 Å². The van der Waals surface area contributed by atoms with E-state index in [1.54, 1.807) is 36.9 Å². The summed E-state index contributed by atoms with van der Waals surface area (Å²) in [5.74, 6) is 1.43. The van der Waals surface area contributed by atoms with Gasteiger partial charge in [0, 0.05) is 13.1 Å². The van der Waals surface area contributed by atoms with Gasteiger partial charge in [0.1, 0.15) is 29.7 Å². The molecule has 31 heavy (non-hydrogen) atoms. The molecule has 0 saturated carbocycles. The van der Waals surface area contributed by atoms with Gasteiger partial charge in [0.2, 0.25) is 5.91 Å². The number of methoxy groups -OCH3 is 2. The summed E-state index contributed by atoms with van der Waals surface area (Å²) < 4.78 is 30.9. The number of hydrogen-bond acceptors (Lipinski definition) is 7. The Kier molecular flexibility index (Phi) is 7.59. The summed E-state index contributed by atoms with van der Waals surface area (Å²) in [5.41, 5.74) is 0.539. The number of nitrogens with zero attached hydrogens (tertiary/aromatic N) is 3. The van der Waals surface area contributed by atoms with Gasteiger partial charge in [-0.05, 0) is 30.3 Å². The van der Waals surface area contributed by atoms with Crippen LogP contribution in [0.4, 0.5) is 10.1 Å². The lowest BCUT2D eigenvalue weighted by Crippen LogP contribution is -2.15. The van der Waals surface area contributed by atoms with Crippen molar-refractivity contribution in [2.75, 3.05) is 25.3 Å². The van der Waals surface area contributed by atoms with Gasteiger partial charge < -0.3 is 24.1 Å². The SMILES string of the molecule is COc1ccc(NC(=O)CSc2nnc(COc3ccc(F)cc3Cl)n2C)c(OC)c1. The predicted octanol–water partition coefficient (Wildman–Crippen LogP) is 3.93. The highest BCUT2D eigenvalue weighted by atomic mass is 35.5. The molecule has 8 nitrogen and oxygen atoms in total. The maximum absolute atomic E-state index is 13.1. The molecule has 0 unspecified atom stereocenters. The Balaban J connectivity index is 1.56. The highest BCUT2D eigenvalue weighted by molar-refractivity contribution is 7.99. The van der Waals surface area contributed by atoms with Gasteiger partial charge in [0.15, 0.2) is 11.0 Å². The quantitative estimate of drug-likeness (QED) is 0.478. The number of halogens is 2. The number of anilines is 1. The number of rotatable bonds is 9. The minimum Gasteiger partial charge on any atom is -0.497 e. The van der Waals surface area contributed by atoms with Crippen molar-refractivity contribution < 1.29 is 23.4 Å². The summed E-state index contributed by atoms with van der Waals surface area (Å²) in [4.78, 5) is 12.4. The van der Waals surface area contributed by atoms with Crippen molar-refractivity contribution in [1.82, 2.24) is 14.8 Å². The van der Waals surface area contributed by atoms with E-state index in [0.717, 1.165) is 0 Å². The van der Waals surface area contributed by atoms with Crippen molar-refractivity contribution in [2.45, 2.75) is 11.8 Å². The van der Waals surface area contributed by atoms with Crippen LogP contribution >= 0.6 is 23.4 Å². The van der Waals surface area contributed by atoms with E-state index in [4.69, 9.17) is 25.8 Å². The molecule has 3 aromatic rings. The van der Waals surface area contributed by atoms with E-state index in [-0.39, 0.29) is 23.3 Å². The number of ether oxygens (including phenoxy) is 3. The van der Waals surface area contributed by atoms with Crippen molar-refractivity contribution >= 4 is 35.0 Å². The monoisotopic (exact) mass is 466 g/mol. The fourth-order valence-corrected chi connectivity index (χ4v) is 3.50. The summed E-state index contributed by atoms with van der Waals surface area (Å²) in [6.45, 7) is 0.0880. The first-order valence-corrected chi connectivity index (χ1v) is 10.4. The number of thioether (sulfide) groups is 1. The number of aromatic nitrogens is 3. The van der Waals surface area contributed by atoms with Crippen LogP contribution in [0, 0.1) is 5.82 Å². The van der Waals surface area contributed by atoms with Gasteiger partial charge in [-0.2, -0.15) is 0 Å². The molecule has 11 heteroatoms. The molecule has 0 fully saturated rings. The van der Waals surface area contributed by atoms with Crippen LogP contribution in [0.1, 0.15) is 5.82 Å².